The fraction of sp³-hybridized carbons (Fsp3) is 0.235. The molecule has 2 aromatic carbocycles. The summed E-state index contributed by atoms with van der Waals surface area (Å²) >= 11 is 0. The van der Waals surface area contributed by atoms with Gasteiger partial charge in [-0.1, -0.05) is 18.2 Å². The predicted octanol–water partition coefficient (Wildman–Crippen LogP) is 2.98. The Labute approximate surface area is 144 Å². The zero-order valence-corrected chi connectivity index (χ0v) is 13.9. The summed E-state index contributed by atoms with van der Waals surface area (Å²) in [5.74, 6) is 0.413. The molecule has 2 aromatic rings. The summed E-state index contributed by atoms with van der Waals surface area (Å²) in [6, 6.07) is 8.91. The van der Waals surface area contributed by atoms with E-state index in [1.165, 1.54) is 19.2 Å². The first-order chi connectivity index (χ1) is 11.9. The molecule has 0 aliphatic heterocycles. The number of methoxy groups -OCH3 is 1. The highest BCUT2D eigenvalue weighted by Crippen LogP contribution is 2.29. The number of nitro groups is 1. The van der Waals surface area contributed by atoms with Crippen LogP contribution >= 0.6 is 0 Å². The second kappa shape index (κ2) is 8.00. The molecule has 0 saturated heterocycles. The van der Waals surface area contributed by atoms with Crippen molar-refractivity contribution >= 4 is 17.4 Å². The van der Waals surface area contributed by atoms with E-state index in [0.717, 1.165) is 0 Å². The van der Waals surface area contributed by atoms with E-state index < -0.39 is 11.0 Å². The van der Waals surface area contributed by atoms with E-state index in [1.807, 2.05) is 0 Å². The van der Waals surface area contributed by atoms with Crippen LogP contribution in [-0.2, 0) is 6.42 Å². The molecule has 8 heteroatoms. The number of aromatic hydroxyl groups is 1. The van der Waals surface area contributed by atoms with Gasteiger partial charge in [-0.3, -0.25) is 10.1 Å². The van der Waals surface area contributed by atoms with Gasteiger partial charge in [0.05, 0.1) is 17.7 Å². The summed E-state index contributed by atoms with van der Waals surface area (Å²) < 4.78 is 5.03. The van der Waals surface area contributed by atoms with Gasteiger partial charge in [-0.15, -0.1) is 0 Å². The number of urea groups is 1. The molecule has 25 heavy (non-hydrogen) atoms. The van der Waals surface area contributed by atoms with Crippen LogP contribution in [0.4, 0.5) is 16.2 Å². The molecule has 2 rings (SSSR count). The third-order valence-corrected chi connectivity index (χ3v) is 3.66. The molecule has 0 spiro atoms. The number of phenolic OH excluding ortho intramolecular Hbond substituents is 1. The summed E-state index contributed by atoms with van der Waals surface area (Å²) in [7, 11) is 1.46. The van der Waals surface area contributed by atoms with Gasteiger partial charge in [0, 0.05) is 18.7 Å². The molecule has 0 saturated carbocycles. The Morgan fingerprint density at radius 2 is 2.08 bits per heavy atom. The topological polar surface area (TPSA) is 114 Å². The molecule has 132 valence electrons. The maximum atomic E-state index is 12.0. The Bertz CT molecular complexity index is 792. The van der Waals surface area contributed by atoms with Crippen molar-refractivity contribution in [3.8, 4) is 11.5 Å². The van der Waals surface area contributed by atoms with Gasteiger partial charge in [0.15, 0.2) is 11.5 Å². The number of aryl methyl sites for hydroxylation is 1. The molecular formula is C17H19N3O5. The molecule has 2 amide bonds. The number of ether oxygens (including phenoxy) is 1. The Morgan fingerprint density at radius 1 is 1.32 bits per heavy atom. The number of para-hydroxylation sites is 1. The number of benzene rings is 2. The number of phenols is 1. The van der Waals surface area contributed by atoms with Crippen LogP contribution in [0.3, 0.4) is 0 Å². The monoisotopic (exact) mass is 345 g/mol. The smallest absolute Gasteiger partial charge is 0.319 e. The van der Waals surface area contributed by atoms with Crippen molar-refractivity contribution in [1.82, 2.24) is 5.32 Å². The van der Waals surface area contributed by atoms with Crippen molar-refractivity contribution in [2.45, 2.75) is 13.3 Å². The standard InChI is InChI=1S/C17H19N3O5/c1-11-6-7-13(20(23)24)10-14(11)19-17(22)18-9-8-12-4-3-5-15(25-2)16(12)21/h3-7,10,21H,8-9H2,1-2H3,(H2,18,19,22). The second-order valence-corrected chi connectivity index (χ2v) is 5.36. The number of hydrogen-bond acceptors (Lipinski definition) is 5. The molecular weight excluding hydrogens is 326 g/mol. The van der Waals surface area contributed by atoms with Crippen molar-refractivity contribution in [3.63, 3.8) is 0 Å². The predicted molar refractivity (Wildman–Crippen MR) is 93.2 cm³/mol. The Balaban J connectivity index is 1.94. The minimum absolute atomic E-state index is 0.0433. The lowest BCUT2D eigenvalue weighted by molar-refractivity contribution is -0.384. The maximum absolute atomic E-state index is 12.0. The Hall–Kier alpha value is -3.29. The highest BCUT2D eigenvalue weighted by Gasteiger charge is 2.11. The van der Waals surface area contributed by atoms with Crippen molar-refractivity contribution in [2.24, 2.45) is 0 Å². The summed E-state index contributed by atoms with van der Waals surface area (Å²) in [6.07, 6.45) is 0.407. The number of non-ortho nitro benzene ring substituents is 1. The normalized spacial score (nSPS) is 10.2. The van der Waals surface area contributed by atoms with Crippen LogP contribution in [-0.4, -0.2) is 29.7 Å². The van der Waals surface area contributed by atoms with Gasteiger partial charge < -0.3 is 20.5 Å². The van der Waals surface area contributed by atoms with Gasteiger partial charge in [0.25, 0.3) is 5.69 Å². The zero-order chi connectivity index (χ0) is 18.4. The van der Waals surface area contributed by atoms with Crippen LogP contribution in [0.25, 0.3) is 0 Å². The van der Waals surface area contributed by atoms with Gasteiger partial charge in [-0.2, -0.15) is 0 Å². The number of carbonyl (C=O) groups excluding carboxylic acids is 1. The third kappa shape index (κ3) is 4.60. The van der Waals surface area contributed by atoms with Crippen molar-refractivity contribution < 1.29 is 19.6 Å². The number of nitrogens with one attached hydrogen (secondary N) is 2. The lowest BCUT2D eigenvalue weighted by atomic mass is 10.1. The lowest BCUT2D eigenvalue weighted by Gasteiger charge is -2.11. The zero-order valence-electron chi connectivity index (χ0n) is 13.9. The molecule has 0 aliphatic carbocycles. The van der Waals surface area contributed by atoms with E-state index in [-0.39, 0.29) is 18.0 Å². The van der Waals surface area contributed by atoms with Crippen molar-refractivity contribution in [1.29, 1.82) is 0 Å². The van der Waals surface area contributed by atoms with Crippen LogP contribution in [0.2, 0.25) is 0 Å². The number of hydrogen-bond donors (Lipinski definition) is 3. The van der Waals surface area contributed by atoms with Gasteiger partial charge in [0.1, 0.15) is 0 Å². The highest BCUT2D eigenvalue weighted by molar-refractivity contribution is 5.90. The number of anilines is 1. The van der Waals surface area contributed by atoms with E-state index in [0.29, 0.717) is 29.0 Å². The van der Waals surface area contributed by atoms with Crippen LogP contribution < -0.4 is 15.4 Å². The van der Waals surface area contributed by atoms with Crippen molar-refractivity contribution in [3.05, 3.63) is 57.6 Å². The fourth-order valence-electron chi connectivity index (χ4n) is 2.27. The minimum Gasteiger partial charge on any atom is -0.504 e. The first-order valence-electron chi connectivity index (χ1n) is 7.57. The number of carbonyl (C=O) groups is 1. The SMILES string of the molecule is COc1cccc(CCNC(=O)Nc2cc([N+](=O)[O-])ccc2C)c1O. The molecule has 0 fully saturated rings. The quantitative estimate of drug-likeness (QED) is 0.550. The number of nitrogens with zero attached hydrogens (tertiary/aromatic N) is 1. The summed E-state index contributed by atoms with van der Waals surface area (Å²) in [6.45, 7) is 2.02. The second-order valence-electron chi connectivity index (χ2n) is 5.36. The largest absolute Gasteiger partial charge is 0.504 e. The van der Waals surface area contributed by atoms with Crippen LogP contribution in [0.1, 0.15) is 11.1 Å². The van der Waals surface area contributed by atoms with Crippen molar-refractivity contribution in [2.75, 3.05) is 19.0 Å². The Morgan fingerprint density at radius 3 is 2.76 bits per heavy atom. The van der Waals surface area contributed by atoms with Gasteiger partial charge in [-0.05, 0) is 30.5 Å². The molecule has 0 radical (unpaired) electrons. The maximum Gasteiger partial charge on any atom is 0.319 e. The molecule has 0 heterocycles. The van der Waals surface area contributed by atoms with E-state index in [9.17, 15) is 20.0 Å². The molecule has 8 nitrogen and oxygen atoms in total. The van der Waals surface area contributed by atoms with E-state index in [4.69, 9.17) is 4.74 Å². The van der Waals surface area contributed by atoms with Gasteiger partial charge in [0.2, 0.25) is 0 Å². The van der Waals surface area contributed by atoms with Crippen LogP contribution in [0, 0.1) is 17.0 Å². The van der Waals surface area contributed by atoms with E-state index in [1.54, 1.807) is 31.2 Å². The van der Waals surface area contributed by atoms with Crippen LogP contribution in [0.5, 0.6) is 11.5 Å². The number of rotatable bonds is 6. The first kappa shape index (κ1) is 18.1. The molecule has 3 N–H and O–H groups in total. The van der Waals surface area contributed by atoms with Gasteiger partial charge >= 0.3 is 6.03 Å². The molecule has 0 aliphatic rings. The molecule has 0 unspecified atom stereocenters. The summed E-state index contributed by atoms with van der Waals surface area (Å²) in [4.78, 5) is 22.3. The van der Waals surface area contributed by atoms with E-state index in [2.05, 4.69) is 10.6 Å². The number of amides is 2. The molecule has 0 bridgehead atoms. The van der Waals surface area contributed by atoms with Crippen LogP contribution in [0.15, 0.2) is 36.4 Å². The average Bonchev–Trinajstić information content (AvgIpc) is 2.58. The minimum atomic E-state index is -0.520. The summed E-state index contributed by atoms with van der Waals surface area (Å²) in [5.41, 5.74) is 1.63. The van der Waals surface area contributed by atoms with Gasteiger partial charge in [-0.25, -0.2) is 4.79 Å². The average molecular weight is 345 g/mol. The first-order valence-corrected chi connectivity index (χ1v) is 7.57. The third-order valence-electron chi connectivity index (χ3n) is 3.66. The fourth-order valence-corrected chi connectivity index (χ4v) is 2.27. The highest BCUT2D eigenvalue weighted by atomic mass is 16.6. The Kier molecular flexibility index (Phi) is 5.78. The lowest BCUT2D eigenvalue weighted by Crippen LogP contribution is -2.30. The summed E-state index contributed by atoms with van der Waals surface area (Å²) in [5, 5.41) is 26.0. The van der Waals surface area contributed by atoms with E-state index >= 15 is 0 Å². The number of nitro benzene ring substituents is 1. The molecule has 0 aromatic heterocycles. The molecule has 0 atom stereocenters.